The van der Waals surface area contributed by atoms with Crippen LogP contribution < -0.4 is 5.32 Å². The minimum atomic E-state index is -0.333. The summed E-state index contributed by atoms with van der Waals surface area (Å²) in [6, 6.07) is 4.92. The van der Waals surface area contributed by atoms with E-state index in [0.717, 1.165) is 0 Å². The van der Waals surface area contributed by atoms with Crippen molar-refractivity contribution in [3.8, 4) is 11.8 Å². The van der Waals surface area contributed by atoms with Gasteiger partial charge in [-0.15, -0.1) is 0 Å². The molecule has 1 heterocycles. The predicted octanol–water partition coefficient (Wildman–Crippen LogP) is 2.54. The van der Waals surface area contributed by atoms with Crippen molar-refractivity contribution in [2.75, 3.05) is 11.9 Å². The Hall–Kier alpha value is -2.29. The summed E-state index contributed by atoms with van der Waals surface area (Å²) in [6.07, 6.45) is 0. The number of hydrogen-bond acceptors (Lipinski definition) is 4. The Labute approximate surface area is 126 Å². The summed E-state index contributed by atoms with van der Waals surface area (Å²) in [5.74, 6) is 5.39. The number of anilines is 1. The molecule has 0 saturated heterocycles. The molecule has 1 amide bonds. The average Bonchev–Trinajstić information content (AvgIpc) is 2.78. The van der Waals surface area contributed by atoms with Gasteiger partial charge in [-0.25, -0.2) is 0 Å². The van der Waals surface area contributed by atoms with Gasteiger partial charge in [0, 0.05) is 10.6 Å². The zero-order chi connectivity index (χ0) is 15.4. The van der Waals surface area contributed by atoms with Crippen LogP contribution in [-0.4, -0.2) is 22.8 Å². The second-order valence-electron chi connectivity index (χ2n) is 4.30. The predicted molar refractivity (Wildman–Crippen MR) is 79.3 cm³/mol. The van der Waals surface area contributed by atoms with E-state index in [1.807, 2.05) is 0 Å². The highest BCUT2D eigenvalue weighted by atomic mass is 35.5. The third-order valence-electron chi connectivity index (χ3n) is 2.79. The Kier molecular flexibility index (Phi) is 4.63. The van der Waals surface area contributed by atoms with Crippen LogP contribution >= 0.6 is 11.6 Å². The summed E-state index contributed by atoms with van der Waals surface area (Å²) in [6.45, 7) is 3.09. The highest BCUT2D eigenvalue weighted by Crippen LogP contribution is 2.22. The van der Waals surface area contributed by atoms with Crippen molar-refractivity contribution in [2.24, 2.45) is 0 Å². The Balaban J connectivity index is 2.33. The van der Waals surface area contributed by atoms with E-state index in [4.69, 9.17) is 21.2 Å². The van der Waals surface area contributed by atoms with Gasteiger partial charge in [0.2, 0.25) is 0 Å². The van der Waals surface area contributed by atoms with Gasteiger partial charge in [-0.3, -0.25) is 4.79 Å². The summed E-state index contributed by atoms with van der Waals surface area (Å²) in [4.78, 5) is 12.3. The van der Waals surface area contributed by atoms with Gasteiger partial charge in [0.05, 0.1) is 11.4 Å². The number of nitrogens with zero attached hydrogens (tertiary/aromatic N) is 1. The second kappa shape index (κ2) is 6.44. The molecule has 0 unspecified atom stereocenters. The number of amides is 1. The fourth-order valence-electron chi connectivity index (χ4n) is 1.86. The van der Waals surface area contributed by atoms with E-state index in [2.05, 4.69) is 22.3 Å². The van der Waals surface area contributed by atoms with E-state index in [0.29, 0.717) is 33.3 Å². The van der Waals surface area contributed by atoms with Crippen molar-refractivity contribution in [3.63, 3.8) is 0 Å². The Morgan fingerprint density at radius 3 is 2.86 bits per heavy atom. The summed E-state index contributed by atoms with van der Waals surface area (Å²) < 4.78 is 4.98. The van der Waals surface area contributed by atoms with Gasteiger partial charge >= 0.3 is 0 Å². The van der Waals surface area contributed by atoms with Crippen LogP contribution in [0.2, 0.25) is 5.02 Å². The van der Waals surface area contributed by atoms with Crippen LogP contribution in [0, 0.1) is 25.7 Å². The molecule has 0 aliphatic rings. The summed E-state index contributed by atoms with van der Waals surface area (Å²) >= 11 is 5.91. The smallest absolute Gasteiger partial charge is 0.261 e. The number of rotatable bonds is 2. The summed E-state index contributed by atoms with van der Waals surface area (Å²) in [5.41, 5.74) is 1.94. The van der Waals surface area contributed by atoms with Gasteiger partial charge in [-0.1, -0.05) is 28.6 Å². The van der Waals surface area contributed by atoms with Crippen LogP contribution in [-0.2, 0) is 0 Å². The first-order chi connectivity index (χ1) is 10.0. The molecule has 5 nitrogen and oxygen atoms in total. The second-order valence-corrected chi connectivity index (χ2v) is 4.74. The maximum absolute atomic E-state index is 12.3. The van der Waals surface area contributed by atoms with Crippen molar-refractivity contribution in [1.29, 1.82) is 0 Å². The third kappa shape index (κ3) is 3.43. The first kappa shape index (κ1) is 15.1. The number of halogens is 1. The van der Waals surface area contributed by atoms with Crippen molar-refractivity contribution in [2.45, 2.75) is 13.8 Å². The zero-order valence-electron chi connectivity index (χ0n) is 11.5. The number of aryl methyl sites for hydroxylation is 2. The molecule has 0 atom stereocenters. The molecule has 0 spiro atoms. The number of carbonyl (C=O) groups is 1. The highest BCUT2D eigenvalue weighted by Gasteiger charge is 2.18. The standard InChI is InChI=1S/C15H13ClN2O3/c1-9-14(10(2)21-18-9)15(20)17-13-6-5-12(16)8-11(13)4-3-7-19/h5-6,8,19H,7H2,1-2H3,(H,17,20). The molecule has 0 fully saturated rings. The molecule has 1 aromatic heterocycles. The minimum absolute atomic E-state index is 0.274. The molecule has 2 rings (SSSR count). The van der Waals surface area contributed by atoms with E-state index in [1.165, 1.54) is 0 Å². The highest BCUT2D eigenvalue weighted by molar-refractivity contribution is 6.30. The Morgan fingerprint density at radius 1 is 1.48 bits per heavy atom. The van der Waals surface area contributed by atoms with Gasteiger partial charge in [0.25, 0.3) is 5.91 Å². The average molecular weight is 305 g/mol. The maximum atomic E-state index is 12.3. The van der Waals surface area contributed by atoms with Crippen LogP contribution in [0.5, 0.6) is 0 Å². The van der Waals surface area contributed by atoms with E-state index < -0.39 is 0 Å². The molecule has 6 heteroatoms. The number of nitrogens with one attached hydrogen (secondary N) is 1. The van der Waals surface area contributed by atoms with Gasteiger partial charge in [0.15, 0.2) is 0 Å². The van der Waals surface area contributed by atoms with Crippen LogP contribution in [0.3, 0.4) is 0 Å². The number of aliphatic hydroxyl groups is 1. The lowest BCUT2D eigenvalue weighted by Crippen LogP contribution is -2.14. The van der Waals surface area contributed by atoms with Gasteiger partial charge in [0.1, 0.15) is 17.9 Å². The molecule has 2 aromatic rings. The molecule has 0 saturated carbocycles. The zero-order valence-corrected chi connectivity index (χ0v) is 12.3. The molecule has 108 valence electrons. The van der Waals surface area contributed by atoms with E-state index in [9.17, 15) is 4.79 Å². The minimum Gasteiger partial charge on any atom is -0.384 e. The quantitative estimate of drug-likeness (QED) is 0.836. The fraction of sp³-hybridized carbons (Fsp3) is 0.200. The molecule has 0 radical (unpaired) electrons. The number of aliphatic hydroxyl groups excluding tert-OH is 1. The molecular formula is C15H13ClN2O3. The van der Waals surface area contributed by atoms with E-state index in [-0.39, 0.29) is 12.5 Å². The molecular weight excluding hydrogens is 292 g/mol. The number of carbonyl (C=O) groups excluding carboxylic acids is 1. The summed E-state index contributed by atoms with van der Waals surface area (Å²) in [5, 5.41) is 15.8. The topological polar surface area (TPSA) is 75.4 Å². The SMILES string of the molecule is Cc1noc(C)c1C(=O)Nc1ccc(Cl)cc1C#CCO. The van der Waals surface area contributed by atoms with Crippen LogP contribution in [0.4, 0.5) is 5.69 Å². The number of benzene rings is 1. The largest absolute Gasteiger partial charge is 0.384 e. The molecule has 21 heavy (non-hydrogen) atoms. The van der Waals surface area contributed by atoms with Gasteiger partial charge in [-0.2, -0.15) is 0 Å². The normalized spacial score (nSPS) is 9.90. The molecule has 0 aliphatic heterocycles. The Morgan fingerprint density at radius 2 is 2.24 bits per heavy atom. The molecule has 2 N–H and O–H groups in total. The monoisotopic (exact) mass is 304 g/mol. The molecule has 1 aromatic carbocycles. The van der Waals surface area contributed by atoms with Crippen LogP contribution in [0.25, 0.3) is 0 Å². The van der Waals surface area contributed by atoms with Gasteiger partial charge in [-0.05, 0) is 32.0 Å². The fourth-order valence-corrected chi connectivity index (χ4v) is 2.03. The van der Waals surface area contributed by atoms with Crippen molar-refractivity contribution >= 4 is 23.2 Å². The lowest BCUT2D eigenvalue weighted by atomic mass is 10.1. The number of hydrogen-bond donors (Lipinski definition) is 2. The van der Waals surface area contributed by atoms with Crippen molar-refractivity contribution < 1.29 is 14.4 Å². The van der Waals surface area contributed by atoms with Crippen LogP contribution in [0.1, 0.15) is 27.4 Å². The van der Waals surface area contributed by atoms with Gasteiger partial charge < -0.3 is 14.9 Å². The van der Waals surface area contributed by atoms with Crippen molar-refractivity contribution in [1.82, 2.24) is 5.16 Å². The lowest BCUT2D eigenvalue weighted by Gasteiger charge is -2.07. The maximum Gasteiger partial charge on any atom is 0.261 e. The van der Waals surface area contributed by atoms with E-state index >= 15 is 0 Å². The molecule has 0 bridgehead atoms. The summed E-state index contributed by atoms with van der Waals surface area (Å²) in [7, 11) is 0. The molecule has 0 aliphatic carbocycles. The Bertz CT molecular complexity index is 722. The van der Waals surface area contributed by atoms with Crippen molar-refractivity contribution in [3.05, 3.63) is 45.8 Å². The van der Waals surface area contributed by atoms with Crippen LogP contribution in [0.15, 0.2) is 22.7 Å². The van der Waals surface area contributed by atoms with E-state index in [1.54, 1.807) is 32.0 Å². The number of aromatic nitrogens is 1. The first-order valence-corrected chi connectivity index (χ1v) is 6.54. The lowest BCUT2D eigenvalue weighted by molar-refractivity contribution is 0.102. The first-order valence-electron chi connectivity index (χ1n) is 6.16. The third-order valence-corrected chi connectivity index (χ3v) is 3.03.